The standard InChI is InChI=1S/C18H21N3O5/c1-3-26-16(22)12-9-18(20-6-4-5-14(12)20)13-8-11(21(24)25)7-10(2)15(13)19-17(18)23/h7-8,12,14H,3-6,9H2,1-2H3,(H,19,23)/t12-,14-,18-/m0/s1. The van der Waals surface area contributed by atoms with E-state index < -0.39 is 16.4 Å². The molecule has 8 heteroatoms. The summed E-state index contributed by atoms with van der Waals surface area (Å²) in [5, 5.41) is 14.2. The van der Waals surface area contributed by atoms with Crippen molar-refractivity contribution >= 4 is 23.3 Å². The van der Waals surface area contributed by atoms with Crippen LogP contribution in [0, 0.1) is 23.0 Å². The molecule has 1 spiro atoms. The lowest BCUT2D eigenvalue weighted by molar-refractivity contribution is -0.385. The predicted octanol–water partition coefficient (Wildman–Crippen LogP) is 2.10. The highest BCUT2D eigenvalue weighted by molar-refractivity contribution is 6.07. The van der Waals surface area contributed by atoms with Gasteiger partial charge in [-0.05, 0) is 45.2 Å². The number of amides is 1. The van der Waals surface area contributed by atoms with Crippen molar-refractivity contribution in [1.29, 1.82) is 0 Å². The van der Waals surface area contributed by atoms with E-state index in [1.54, 1.807) is 13.8 Å². The SMILES string of the molecule is CCOC(=O)[C@H]1C[C@]2(C(=O)Nc3c(C)cc([N+](=O)[O-])cc32)N2CCC[C@@H]12. The quantitative estimate of drug-likeness (QED) is 0.504. The van der Waals surface area contributed by atoms with Crippen LogP contribution in [-0.4, -0.2) is 40.9 Å². The van der Waals surface area contributed by atoms with Crippen molar-refractivity contribution in [3.05, 3.63) is 33.4 Å². The molecule has 3 aliphatic rings. The number of benzene rings is 1. The van der Waals surface area contributed by atoms with Crippen molar-refractivity contribution in [2.24, 2.45) is 5.92 Å². The zero-order valence-corrected chi connectivity index (χ0v) is 14.8. The first-order valence-electron chi connectivity index (χ1n) is 8.94. The van der Waals surface area contributed by atoms with Crippen LogP contribution in [0.5, 0.6) is 0 Å². The zero-order chi connectivity index (χ0) is 18.6. The van der Waals surface area contributed by atoms with Crippen LogP contribution >= 0.6 is 0 Å². The van der Waals surface area contributed by atoms with Gasteiger partial charge in [-0.3, -0.25) is 24.6 Å². The highest BCUT2D eigenvalue weighted by Gasteiger charge is 2.63. The summed E-state index contributed by atoms with van der Waals surface area (Å²) in [6.07, 6.45) is 2.01. The molecule has 1 N–H and O–H groups in total. The van der Waals surface area contributed by atoms with Crippen LogP contribution in [0.25, 0.3) is 0 Å². The number of nitro groups is 1. The average Bonchev–Trinajstić information content (AvgIpc) is 3.24. The number of anilines is 1. The van der Waals surface area contributed by atoms with Crippen molar-refractivity contribution in [3.63, 3.8) is 0 Å². The van der Waals surface area contributed by atoms with Crippen LogP contribution in [0.4, 0.5) is 11.4 Å². The Morgan fingerprint density at radius 1 is 1.50 bits per heavy atom. The maximum Gasteiger partial charge on any atom is 0.310 e. The highest BCUT2D eigenvalue weighted by Crippen LogP contribution is 2.55. The first kappa shape index (κ1) is 17.0. The molecule has 8 nitrogen and oxygen atoms in total. The number of fused-ring (bicyclic) bond motifs is 4. The first-order valence-corrected chi connectivity index (χ1v) is 8.94. The van der Waals surface area contributed by atoms with Crippen LogP contribution < -0.4 is 5.32 Å². The summed E-state index contributed by atoms with van der Waals surface area (Å²) in [7, 11) is 0. The summed E-state index contributed by atoms with van der Waals surface area (Å²) >= 11 is 0. The molecule has 4 rings (SSSR count). The molecule has 0 radical (unpaired) electrons. The lowest BCUT2D eigenvalue weighted by atomic mass is 9.83. The molecule has 0 saturated carbocycles. The summed E-state index contributed by atoms with van der Waals surface area (Å²) < 4.78 is 5.24. The molecule has 3 aliphatic heterocycles. The number of esters is 1. The number of nitrogens with one attached hydrogen (secondary N) is 1. The van der Waals surface area contributed by atoms with Gasteiger partial charge >= 0.3 is 5.97 Å². The molecular weight excluding hydrogens is 338 g/mol. The van der Waals surface area contributed by atoms with Gasteiger partial charge in [0.05, 0.1) is 17.4 Å². The van der Waals surface area contributed by atoms with Crippen molar-refractivity contribution in [3.8, 4) is 0 Å². The fraction of sp³-hybridized carbons (Fsp3) is 0.556. The molecule has 1 aromatic carbocycles. The Morgan fingerprint density at radius 3 is 2.96 bits per heavy atom. The number of rotatable bonds is 3. The third-order valence-electron chi connectivity index (χ3n) is 5.95. The second kappa shape index (κ2) is 5.77. The van der Waals surface area contributed by atoms with Crippen LogP contribution in [0.1, 0.15) is 37.3 Å². The van der Waals surface area contributed by atoms with E-state index in [4.69, 9.17) is 4.74 Å². The largest absolute Gasteiger partial charge is 0.466 e. The fourth-order valence-electron chi connectivity index (χ4n) is 4.94. The minimum absolute atomic E-state index is 0.0348. The lowest BCUT2D eigenvalue weighted by Gasteiger charge is -2.32. The van der Waals surface area contributed by atoms with Crippen molar-refractivity contribution in [1.82, 2.24) is 4.90 Å². The molecular formula is C18H21N3O5. The number of hydrogen-bond acceptors (Lipinski definition) is 6. The summed E-state index contributed by atoms with van der Waals surface area (Å²) in [6, 6.07) is 2.89. The molecule has 138 valence electrons. The summed E-state index contributed by atoms with van der Waals surface area (Å²) in [6.45, 7) is 4.50. The summed E-state index contributed by atoms with van der Waals surface area (Å²) in [4.78, 5) is 38.5. The van der Waals surface area contributed by atoms with Crippen LogP contribution in [-0.2, 0) is 19.9 Å². The third kappa shape index (κ3) is 2.11. The molecule has 2 saturated heterocycles. The maximum atomic E-state index is 13.1. The van der Waals surface area contributed by atoms with Gasteiger partial charge in [-0.25, -0.2) is 0 Å². The zero-order valence-electron chi connectivity index (χ0n) is 14.8. The molecule has 3 atom stereocenters. The highest BCUT2D eigenvalue weighted by atomic mass is 16.6. The number of hydrogen-bond donors (Lipinski definition) is 1. The number of non-ortho nitro benzene ring substituents is 1. The number of aryl methyl sites for hydroxylation is 1. The molecule has 0 aliphatic carbocycles. The second-order valence-electron chi connectivity index (χ2n) is 7.22. The Labute approximate surface area is 150 Å². The number of nitro benzene ring substituents is 1. The summed E-state index contributed by atoms with van der Waals surface area (Å²) in [5.41, 5.74) is 0.857. The molecule has 2 fully saturated rings. The van der Waals surface area contributed by atoms with Crippen molar-refractivity contribution < 1.29 is 19.2 Å². The Hall–Kier alpha value is -2.48. The van der Waals surface area contributed by atoms with Crippen molar-refractivity contribution in [2.45, 2.75) is 44.7 Å². The van der Waals surface area contributed by atoms with E-state index in [1.807, 2.05) is 0 Å². The lowest BCUT2D eigenvalue weighted by Crippen LogP contribution is -2.47. The third-order valence-corrected chi connectivity index (χ3v) is 5.95. The van der Waals surface area contributed by atoms with E-state index >= 15 is 0 Å². The Morgan fingerprint density at radius 2 is 2.27 bits per heavy atom. The van der Waals surface area contributed by atoms with Gasteiger partial charge in [-0.15, -0.1) is 0 Å². The topological polar surface area (TPSA) is 102 Å². The normalized spacial score (nSPS) is 29.5. The van der Waals surface area contributed by atoms with E-state index in [0.29, 0.717) is 36.4 Å². The molecule has 0 unspecified atom stereocenters. The van der Waals surface area contributed by atoms with Gasteiger partial charge in [0.2, 0.25) is 5.91 Å². The number of nitrogens with zero attached hydrogens (tertiary/aromatic N) is 2. The molecule has 26 heavy (non-hydrogen) atoms. The van der Waals surface area contributed by atoms with Gasteiger partial charge < -0.3 is 10.1 Å². The van der Waals surface area contributed by atoms with Crippen LogP contribution in [0.3, 0.4) is 0 Å². The van der Waals surface area contributed by atoms with E-state index in [1.165, 1.54) is 12.1 Å². The number of carbonyl (C=O) groups is 2. The Bertz CT molecular complexity index is 823. The minimum atomic E-state index is -1.02. The molecule has 0 aromatic heterocycles. The Kier molecular flexibility index (Phi) is 3.76. The van der Waals surface area contributed by atoms with E-state index in [9.17, 15) is 19.7 Å². The monoisotopic (exact) mass is 359 g/mol. The van der Waals surface area contributed by atoms with E-state index in [0.717, 1.165) is 12.8 Å². The van der Waals surface area contributed by atoms with Crippen LogP contribution in [0.15, 0.2) is 12.1 Å². The van der Waals surface area contributed by atoms with Gasteiger partial charge in [0.1, 0.15) is 5.54 Å². The van der Waals surface area contributed by atoms with Gasteiger partial charge in [-0.2, -0.15) is 0 Å². The smallest absolute Gasteiger partial charge is 0.310 e. The summed E-state index contributed by atoms with van der Waals surface area (Å²) in [5.74, 6) is -0.881. The molecule has 1 amide bonds. The van der Waals surface area contributed by atoms with Gasteiger partial charge in [0.25, 0.3) is 5.69 Å². The molecule has 0 bridgehead atoms. The number of carbonyl (C=O) groups excluding carboxylic acids is 2. The van der Waals surface area contributed by atoms with E-state index in [2.05, 4.69) is 10.2 Å². The van der Waals surface area contributed by atoms with Crippen molar-refractivity contribution in [2.75, 3.05) is 18.5 Å². The van der Waals surface area contributed by atoms with Crippen LogP contribution in [0.2, 0.25) is 0 Å². The van der Waals surface area contributed by atoms with Gasteiger partial charge in [0, 0.05) is 29.4 Å². The van der Waals surface area contributed by atoms with Gasteiger partial charge in [-0.1, -0.05) is 0 Å². The maximum absolute atomic E-state index is 13.1. The fourth-order valence-corrected chi connectivity index (χ4v) is 4.94. The van der Waals surface area contributed by atoms with Gasteiger partial charge in [0.15, 0.2) is 0 Å². The molecule has 1 aromatic rings. The molecule has 3 heterocycles. The number of ether oxygens (including phenoxy) is 1. The average molecular weight is 359 g/mol. The minimum Gasteiger partial charge on any atom is -0.466 e. The Balaban J connectivity index is 1.86. The first-order chi connectivity index (χ1) is 12.4. The van der Waals surface area contributed by atoms with E-state index in [-0.39, 0.29) is 23.6 Å². The second-order valence-corrected chi connectivity index (χ2v) is 7.22. The predicted molar refractivity (Wildman–Crippen MR) is 92.6 cm³/mol.